The van der Waals surface area contributed by atoms with E-state index in [1.165, 1.54) is 18.2 Å². The fraction of sp³-hybridized carbons (Fsp3) is 0.500. The number of nitrogens with two attached hydrogens (primary N) is 1. The Morgan fingerprint density at radius 1 is 1.57 bits per heavy atom. The Labute approximate surface area is 122 Å². The van der Waals surface area contributed by atoms with Crippen LogP contribution in [0.15, 0.2) is 18.2 Å². The summed E-state index contributed by atoms with van der Waals surface area (Å²) in [5.74, 6) is -0.855. The maximum absolute atomic E-state index is 13.6. The molecule has 1 aromatic rings. The highest BCUT2D eigenvalue weighted by atomic mass is 19.1. The Kier molecular flexibility index (Phi) is 5.11. The molecule has 7 heteroatoms. The van der Waals surface area contributed by atoms with Gasteiger partial charge in [-0.2, -0.15) is 0 Å². The van der Waals surface area contributed by atoms with E-state index >= 15 is 0 Å². The lowest BCUT2D eigenvalue weighted by molar-refractivity contribution is -0.124. The maximum atomic E-state index is 13.6. The number of aliphatic hydroxyl groups is 1. The van der Waals surface area contributed by atoms with Crippen molar-refractivity contribution < 1.29 is 19.0 Å². The number of amides is 1. The molecule has 4 N–H and O–H groups in total. The number of morpholine rings is 1. The third-order valence-corrected chi connectivity index (χ3v) is 3.24. The molecule has 2 atom stereocenters. The highest BCUT2D eigenvalue weighted by Gasteiger charge is 2.26. The van der Waals surface area contributed by atoms with Crippen molar-refractivity contribution in [2.24, 2.45) is 0 Å². The molecule has 116 valence electrons. The highest BCUT2D eigenvalue weighted by Crippen LogP contribution is 2.17. The molecule has 1 aliphatic heterocycles. The second-order valence-electron chi connectivity index (χ2n) is 5.23. The van der Waals surface area contributed by atoms with E-state index in [0.717, 1.165) is 0 Å². The Bertz CT molecular complexity index is 512. The summed E-state index contributed by atoms with van der Waals surface area (Å²) >= 11 is 0. The summed E-state index contributed by atoms with van der Waals surface area (Å²) in [4.78, 5) is 13.9. The smallest absolute Gasteiger partial charge is 0.238 e. The van der Waals surface area contributed by atoms with Crippen LogP contribution in [0.3, 0.4) is 0 Å². The van der Waals surface area contributed by atoms with Crippen molar-refractivity contribution >= 4 is 17.3 Å². The number of hydrogen-bond donors (Lipinski definition) is 3. The van der Waals surface area contributed by atoms with Crippen molar-refractivity contribution in [1.82, 2.24) is 4.90 Å². The number of rotatable bonds is 4. The minimum absolute atomic E-state index is 0.0622. The number of halogens is 1. The predicted molar refractivity (Wildman–Crippen MR) is 77.3 cm³/mol. The molecule has 6 nitrogen and oxygen atoms in total. The fourth-order valence-electron chi connectivity index (χ4n) is 2.40. The van der Waals surface area contributed by atoms with Crippen LogP contribution in [0, 0.1) is 5.82 Å². The minimum Gasteiger partial charge on any atom is -0.399 e. The van der Waals surface area contributed by atoms with Gasteiger partial charge < -0.3 is 20.9 Å². The summed E-state index contributed by atoms with van der Waals surface area (Å²) in [6.07, 6.45) is -0.363. The Morgan fingerprint density at radius 2 is 2.33 bits per heavy atom. The van der Waals surface area contributed by atoms with Crippen molar-refractivity contribution in [2.45, 2.75) is 19.1 Å². The van der Waals surface area contributed by atoms with Gasteiger partial charge >= 0.3 is 0 Å². The van der Waals surface area contributed by atoms with Crippen LogP contribution < -0.4 is 11.1 Å². The zero-order chi connectivity index (χ0) is 15.4. The van der Waals surface area contributed by atoms with Crippen LogP contribution in [0.4, 0.5) is 15.8 Å². The zero-order valence-electron chi connectivity index (χ0n) is 11.9. The molecule has 1 saturated heterocycles. The first-order chi connectivity index (χ1) is 9.97. The van der Waals surface area contributed by atoms with Crippen LogP contribution in [0.25, 0.3) is 0 Å². The van der Waals surface area contributed by atoms with Gasteiger partial charge in [-0.1, -0.05) is 0 Å². The molecule has 0 aliphatic carbocycles. The van der Waals surface area contributed by atoms with Gasteiger partial charge in [0.1, 0.15) is 5.82 Å². The van der Waals surface area contributed by atoms with Crippen LogP contribution in [-0.4, -0.2) is 54.4 Å². The van der Waals surface area contributed by atoms with Crippen LogP contribution in [0.1, 0.15) is 6.92 Å². The monoisotopic (exact) mass is 297 g/mol. The van der Waals surface area contributed by atoms with Gasteiger partial charge in [0.2, 0.25) is 5.91 Å². The van der Waals surface area contributed by atoms with Crippen LogP contribution in [0.2, 0.25) is 0 Å². The van der Waals surface area contributed by atoms with E-state index in [1.54, 1.807) is 0 Å². The molecule has 1 aliphatic rings. The second kappa shape index (κ2) is 6.84. The minimum atomic E-state index is -0.527. The van der Waals surface area contributed by atoms with Gasteiger partial charge in [-0.15, -0.1) is 0 Å². The largest absolute Gasteiger partial charge is 0.399 e. The number of ether oxygens (including phenoxy) is 1. The van der Waals surface area contributed by atoms with E-state index in [-0.39, 0.29) is 37.0 Å². The first-order valence-electron chi connectivity index (χ1n) is 6.81. The summed E-state index contributed by atoms with van der Waals surface area (Å²) in [7, 11) is 0. The van der Waals surface area contributed by atoms with E-state index in [4.69, 9.17) is 15.6 Å². The van der Waals surface area contributed by atoms with Gasteiger partial charge in [-0.3, -0.25) is 9.69 Å². The number of nitrogens with one attached hydrogen (secondary N) is 1. The summed E-state index contributed by atoms with van der Waals surface area (Å²) in [5, 5.41) is 11.7. The van der Waals surface area contributed by atoms with E-state index in [9.17, 15) is 9.18 Å². The van der Waals surface area contributed by atoms with E-state index in [0.29, 0.717) is 18.8 Å². The molecule has 1 heterocycles. The molecule has 2 unspecified atom stereocenters. The zero-order valence-corrected chi connectivity index (χ0v) is 11.9. The van der Waals surface area contributed by atoms with Gasteiger partial charge in [0.15, 0.2) is 0 Å². The molecule has 0 radical (unpaired) electrons. The number of carbonyl (C=O) groups excluding carboxylic acids is 1. The van der Waals surface area contributed by atoms with Gasteiger partial charge in [0.05, 0.1) is 31.0 Å². The molecule has 2 rings (SSSR count). The molecule has 21 heavy (non-hydrogen) atoms. The Balaban J connectivity index is 1.93. The molecule has 1 aromatic carbocycles. The molecule has 0 bridgehead atoms. The number of anilines is 2. The molecule has 0 saturated carbocycles. The number of nitrogens with zero attached hydrogens (tertiary/aromatic N) is 1. The number of aliphatic hydroxyl groups excluding tert-OH is 1. The van der Waals surface area contributed by atoms with Crippen molar-refractivity contribution in [3.05, 3.63) is 24.0 Å². The Morgan fingerprint density at radius 3 is 3.05 bits per heavy atom. The van der Waals surface area contributed by atoms with E-state index in [1.807, 2.05) is 11.8 Å². The lowest BCUT2D eigenvalue weighted by Crippen LogP contribution is -2.50. The summed E-state index contributed by atoms with van der Waals surface area (Å²) in [6, 6.07) is 4.02. The SMILES string of the molecule is CC1CN(CC(=O)Nc2cc(N)ccc2F)CC(CO)O1. The van der Waals surface area contributed by atoms with Crippen molar-refractivity contribution in [1.29, 1.82) is 0 Å². The number of hydrogen-bond acceptors (Lipinski definition) is 5. The van der Waals surface area contributed by atoms with Crippen LogP contribution in [-0.2, 0) is 9.53 Å². The van der Waals surface area contributed by atoms with Gasteiger partial charge in [0, 0.05) is 18.8 Å². The van der Waals surface area contributed by atoms with Gasteiger partial charge in [-0.05, 0) is 25.1 Å². The van der Waals surface area contributed by atoms with Crippen LogP contribution >= 0.6 is 0 Å². The lowest BCUT2D eigenvalue weighted by Gasteiger charge is -2.35. The third kappa shape index (κ3) is 4.38. The number of carbonyl (C=O) groups is 1. The molecule has 0 spiro atoms. The average Bonchev–Trinajstić information content (AvgIpc) is 2.42. The lowest BCUT2D eigenvalue weighted by atomic mass is 10.2. The van der Waals surface area contributed by atoms with Gasteiger partial charge in [-0.25, -0.2) is 4.39 Å². The predicted octanol–water partition coefficient (Wildman–Crippen LogP) is 0.428. The Hall–Kier alpha value is -1.70. The summed E-state index contributed by atoms with van der Waals surface area (Å²) in [6.45, 7) is 2.95. The molecule has 1 fully saturated rings. The number of benzene rings is 1. The van der Waals surface area contributed by atoms with Crippen molar-refractivity contribution in [3.63, 3.8) is 0 Å². The normalized spacial score (nSPS) is 23.0. The third-order valence-electron chi connectivity index (χ3n) is 3.24. The molecular formula is C14H20FN3O3. The van der Waals surface area contributed by atoms with Crippen molar-refractivity contribution in [2.75, 3.05) is 37.3 Å². The number of nitrogen functional groups attached to an aromatic ring is 1. The first-order valence-corrected chi connectivity index (χ1v) is 6.81. The van der Waals surface area contributed by atoms with Crippen LogP contribution in [0.5, 0.6) is 0 Å². The average molecular weight is 297 g/mol. The molecule has 0 aromatic heterocycles. The standard InChI is InChI=1S/C14H20FN3O3/c1-9-5-18(6-11(8-19)21-9)7-14(20)17-13-4-10(16)2-3-12(13)15/h2-4,9,11,19H,5-8,16H2,1H3,(H,17,20). The first kappa shape index (κ1) is 15.7. The van der Waals surface area contributed by atoms with Crippen molar-refractivity contribution in [3.8, 4) is 0 Å². The van der Waals surface area contributed by atoms with Gasteiger partial charge in [0.25, 0.3) is 0 Å². The molecular weight excluding hydrogens is 277 g/mol. The quantitative estimate of drug-likeness (QED) is 0.701. The van der Waals surface area contributed by atoms with E-state index < -0.39 is 5.82 Å². The highest BCUT2D eigenvalue weighted by molar-refractivity contribution is 5.92. The fourth-order valence-corrected chi connectivity index (χ4v) is 2.40. The summed E-state index contributed by atoms with van der Waals surface area (Å²) < 4.78 is 19.1. The topological polar surface area (TPSA) is 87.8 Å². The maximum Gasteiger partial charge on any atom is 0.238 e. The summed E-state index contributed by atoms with van der Waals surface area (Å²) in [5.41, 5.74) is 6.02. The molecule has 1 amide bonds. The second-order valence-corrected chi connectivity index (χ2v) is 5.23. The van der Waals surface area contributed by atoms with E-state index in [2.05, 4.69) is 5.32 Å².